The highest BCUT2D eigenvalue weighted by Crippen LogP contribution is 2.28. The molecular weight excluding hydrogens is 242 g/mol. The predicted molar refractivity (Wildman–Crippen MR) is 73.2 cm³/mol. The van der Waals surface area contributed by atoms with Crippen LogP contribution in [0.3, 0.4) is 0 Å². The number of aromatic nitrogens is 2. The van der Waals surface area contributed by atoms with Gasteiger partial charge in [0.15, 0.2) is 5.69 Å². The number of esters is 1. The first-order valence-corrected chi connectivity index (χ1v) is 6.75. The fourth-order valence-corrected chi connectivity index (χ4v) is 2.67. The molecular formula is C14H21N3O2. The average Bonchev–Trinajstić information content (AvgIpc) is 2.45. The maximum Gasteiger partial charge on any atom is 0.358 e. The second-order valence-electron chi connectivity index (χ2n) is 5.29. The Hall–Kier alpha value is -1.65. The molecule has 0 N–H and O–H groups in total. The van der Waals surface area contributed by atoms with Gasteiger partial charge >= 0.3 is 5.97 Å². The molecule has 0 aliphatic heterocycles. The van der Waals surface area contributed by atoms with Crippen molar-refractivity contribution in [1.29, 1.82) is 0 Å². The van der Waals surface area contributed by atoms with Gasteiger partial charge in [-0.05, 0) is 18.8 Å². The van der Waals surface area contributed by atoms with E-state index in [1.807, 2.05) is 7.05 Å². The maximum absolute atomic E-state index is 11.5. The number of methoxy groups -OCH3 is 1. The quantitative estimate of drug-likeness (QED) is 0.783. The lowest BCUT2D eigenvalue weighted by Gasteiger charge is -2.34. The number of hydrogen-bond acceptors (Lipinski definition) is 5. The first kappa shape index (κ1) is 13.8. The molecule has 0 saturated heterocycles. The molecule has 5 heteroatoms. The van der Waals surface area contributed by atoms with Crippen molar-refractivity contribution in [2.75, 3.05) is 19.1 Å². The molecule has 0 radical (unpaired) electrons. The molecule has 1 heterocycles. The van der Waals surface area contributed by atoms with E-state index in [1.165, 1.54) is 39.0 Å². The molecule has 0 spiro atoms. The van der Waals surface area contributed by atoms with Crippen LogP contribution in [-0.2, 0) is 4.74 Å². The van der Waals surface area contributed by atoms with Crippen LogP contribution in [-0.4, -0.2) is 36.1 Å². The summed E-state index contributed by atoms with van der Waals surface area (Å²) in [5.41, 5.74) is 0.260. The van der Waals surface area contributed by atoms with E-state index in [0.29, 0.717) is 6.04 Å². The van der Waals surface area contributed by atoms with Crippen LogP contribution < -0.4 is 4.90 Å². The third-order valence-electron chi connectivity index (χ3n) is 3.83. The summed E-state index contributed by atoms with van der Waals surface area (Å²) in [6.07, 6.45) is 8.03. The fraction of sp³-hybridized carbons (Fsp3) is 0.643. The summed E-state index contributed by atoms with van der Waals surface area (Å²) in [6, 6.07) is 0.478. The van der Waals surface area contributed by atoms with Gasteiger partial charge in [0.05, 0.1) is 19.5 Å². The Kier molecular flexibility index (Phi) is 4.35. The van der Waals surface area contributed by atoms with Gasteiger partial charge in [-0.25, -0.2) is 9.78 Å². The van der Waals surface area contributed by atoms with Gasteiger partial charge in [0, 0.05) is 13.1 Å². The van der Waals surface area contributed by atoms with Crippen LogP contribution in [0.15, 0.2) is 12.4 Å². The average molecular weight is 263 g/mol. The molecule has 0 bridgehead atoms. The number of nitrogens with zero attached hydrogens (tertiary/aromatic N) is 3. The Bertz CT molecular complexity index is 450. The summed E-state index contributed by atoms with van der Waals surface area (Å²) in [5, 5.41) is 0. The minimum absolute atomic E-state index is 0.260. The second-order valence-corrected chi connectivity index (χ2v) is 5.29. The molecule has 0 aromatic carbocycles. The van der Waals surface area contributed by atoms with Crippen molar-refractivity contribution in [3.63, 3.8) is 0 Å². The molecule has 2 atom stereocenters. The summed E-state index contributed by atoms with van der Waals surface area (Å²) in [6.45, 7) is 2.29. The van der Waals surface area contributed by atoms with Crippen molar-refractivity contribution < 1.29 is 9.53 Å². The zero-order valence-electron chi connectivity index (χ0n) is 11.8. The van der Waals surface area contributed by atoms with Crippen molar-refractivity contribution in [3.05, 3.63) is 18.1 Å². The van der Waals surface area contributed by atoms with E-state index in [9.17, 15) is 4.79 Å². The predicted octanol–water partition coefficient (Wildman–Crippen LogP) is 2.28. The summed E-state index contributed by atoms with van der Waals surface area (Å²) < 4.78 is 4.67. The van der Waals surface area contributed by atoms with Crippen molar-refractivity contribution in [3.8, 4) is 0 Å². The molecule has 104 valence electrons. The van der Waals surface area contributed by atoms with E-state index in [2.05, 4.69) is 26.5 Å². The van der Waals surface area contributed by atoms with Gasteiger partial charge in [0.2, 0.25) is 0 Å². The lowest BCUT2D eigenvalue weighted by molar-refractivity contribution is 0.0593. The van der Waals surface area contributed by atoms with Crippen molar-refractivity contribution in [1.82, 2.24) is 9.97 Å². The van der Waals surface area contributed by atoms with E-state index in [4.69, 9.17) is 0 Å². The molecule has 19 heavy (non-hydrogen) atoms. The molecule has 2 unspecified atom stereocenters. The molecule has 1 aliphatic carbocycles. The standard InChI is InChI=1S/C14H21N3O2/c1-10-5-4-6-11(7-10)17(2)13-9-15-8-12(16-13)14(18)19-3/h8-11H,4-7H2,1-3H3. The highest BCUT2D eigenvalue weighted by molar-refractivity contribution is 5.87. The lowest BCUT2D eigenvalue weighted by atomic mass is 9.86. The fourth-order valence-electron chi connectivity index (χ4n) is 2.67. The first-order valence-electron chi connectivity index (χ1n) is 6.75. The highest BCUT2D eigenvalue weighted by Gasteiger charge is 2.24. The highest BCUT2D eigenvalue weighted by atomic mass is 16.5. The molecule has 1 saturated carbocycles. The molecule has 2 rings (SSSR count). The maximum atomic E-state index is 11.5. The van der Waals surface area contributed by atoms with Gasteiger partial charge in [-0.15, -0.1) is 0 Å². The third kappa shape index (κ3) is 3.22. The topological polar surface area (TPSA) is 55.3 Å². The number of ether oxygens (including phenoxy) is 1. The van der Waals surface area contributed by atoms with E-state index in [-0.39, 0.29) is 5.69 Å². The van der Waals surface area contributed by atoms with E-state index >= 15 is 0 Å². The molecule has 1 aliphatic rings. The van der Waals surface area contributed by atoms with E-state index < -0.39 is 5.97 Å². The van der Waals surface area contributed by atoms with E-state index in [0.717, 1.165) is 11.7 Å². The van der Waals surface area contributed by atoms with Crippen molar-refractivity contribution >= 4 is 11.8 Å². The van der Waals surface area contributed by atoms with Crippen LogP contribution in [0, 0.1) is 5.92 Å². The summed E-state index contributed by atoms with van der Waals surface area (Å²) in [7, 11) is 3.37. The van der Waals surface area contributed by atoms with Gasteiger partial charge in [-0.1, -0.05) is 19.8 Å². The Morgan fingerprint density at radius 3 is 2.89 bits per heavy atom. The Morgan fingerprint density at radius 1 is 1.42 bits per heavy atom. The minimum Gasteiger partial charge on any atom is -0.464 e. The molecule has 1 aromatic heterocycles. The zero-order chi connectivity index (χ0) is 13.8. The monoisotopic (exact) mass is 263 g/mol. The van der Waals surface area contributed by atoms with Crippen LogP contribution in [0.4, 0.5) is 5.82 Å². The number of carbonyl (C=O) groups excluding carboxylic acids is 1. The summed E-state index contributed by atoms with van der Waals surface area (Å²) >= 11 is 0. The SMILES string of the molecule is COC(=O)c1cncc(N(C)C2CCCC(C)C2)n1. The normalized spacial score (nSPS) is 22.9. The van der Waals surface area contributed by atoms with E-state index in [1.54, 1.807) is 6.20 Å². The summed E-state index contributed by atoms with van der Waals surface area (Å²) in [5.74, 6) is 1.04. The van der Waals surface area contributed by atoms with Crippen molar-refractivity contribution in [2.45, 2.75) is 38.6 Å². The first-order chi connectivity index (χ1) is 9.11. The Morgan fingerprint density at radius 2 is 2.21 bits per heavy atom. The van der Waals surface area contributed by atoms with Gasteiger partial charge in [-0.3, -0.25) is 4.98 Å². The smallest absolute Gasteiger partial charge is 0.358 e. The van der Waals surface area contributed by atoms with Crippen LogP contribution in [0.25, 0.3) is 0 Å². The lowest BCUT2D eigenvalue weighted by Crippen LogP contribution is -2.36. The number of anilines is 1. The molecule has 1 aromatic rings. The second kappa shape index (κ2) is 5.99. The van der Waals surface area contributed by atoms with Crippen LogP contribution in [0.1, 0.15) is 43.1 Å². The number of carbonyl (C=O) groups is 1. The molecule has 0 amide bonds. The van der Waals surface area contributed by atoms with Crippen LogP contribution in [0.2, 0.25) is 0 Å². The summed E-state index contributed by atoms with van der Waals surface area (Å²) in [4.78, 5) is 22.0. The minimum atomic E-state index is -0.445. The largest absolute Gasteiger partial charge is 0.464 e. The zero-order valence-corrected chi connectivity index (χ0v) is 11.8. The molecule has 5 nitrogen and oxygen atoms in total. The third-order valence-corrected chi connectivity index (χ3v) is 3.83. The van der Waals surface area contributed by atoms with Gasteiger partial charge in [0.1, 0.15) is 5.82 Å². The Balaban J connectivity index is 2.14. The van der Waals surface area contributed by atoms with Crippen LogP contribution in [0.5, 0.6) is 0 Å². The number of rotatable bonds is 3. The van der Waals surface area contributed by atoms with Gasteiger partial charge < -0.3 is 9.64 Å². The number of hydrogen-bond donors (Lipinski definition) is 0. The van der Waals surface area contributed by atoms with Gasteiger partial charge in [0.25, 0.3) is 0 Å². The van der Waals surface area contributed by atoms with Crippen molar-refractivity contribution in [2.24, 2.45) is 5.92 Å². The Labute approximate surface area is 114 Å². The van der Waals surface area contributed by atoms with Gasteiger partial charge in [-0.2, -0.15) is 0 Å². The van der Waals surface area contributed by atoms with Crippen LogP contribution >= 0.6 is 0 Å². The molecule has 1 fully saturated rings.